The highest BCUT2D eigenvalue weighted by atomic mass is 32.2. The van der Waals surface area contributed by atoms with E-state index in [1.807, 2.05) is 0 Å². The number of rotatable bonds is 5. The number of aromatic nitrogens is 1. The van der Waals surface area contributed by atoms with E-state index in [1.54, 1.807) is 25.1 Å². The molecule has 0 aliphatic rings. The molecular formula is C15H13F3N2OS. The maximum absolute atomic E-state index is 13.7. The van der Waals surface area contributed by atoms with E-state index in [2.05, 4.69) is 10.3 Å². The summed E-state index contributed by atoms with van der Waals surface area (Å²) in [4.78, 5) is 16.0. The van der Waals surface area contributed by atoms with Gasteiger partial charge in [-0.15, -0.1) is 0 Å². The second kappa shape index (κ2) is 7.31. The van der Waals surface area contributed by atoms with Crippen molar-refractivity contribution in [2.75, 3.05) is 0 Å². The number of nitrogens with one attached hydrogen (secondary N) is 1. The number of carbonyl (C=O) groups is 1. The number of nitrogens with zero attached hydrogens (tertiary/aromatic N) is 1. The van der Waals surface area contributed by atoms with Crippen LogP contribution in [0.2, 0.25) is 0 Å². The van der Waals surface area contributed by atoms with Crippen molar-refractivity contribution in [3.05, 3.63) is 59.5 Å². The molecule has 1 amide bonds. The van der Waals surface area contributed by atoms with Crippen LogP contribution in [0.25, 0.3) is 0 Å². The third-order valence-electron chi connectivity index (χ3n) is 2.94. The van der Waals surface area contributed by atoms with Crippen molar-refractivity contribution in [3.8, 4) is 0 Å². The summed E-state index contributed by atoms with van der Waals surface area (Å²) in [6.07, 6.45) is 1.34. The Balaban J connectivity index is 2.17. The van der Waals surface area contributed by atoms with Crippen LogP contribution < -0.4 is 5.32 Å². The Morgan fingerprint density at radius 3 is 2.64 bits per heavy atom. The lowest BCUT2D eigenvalue weighted by Gasteiger charge is -2.16. The number of hydrogen-bond donors (Lipinski definition) is 1. The quantitative estimate of drug-likeness (QED) is 0.844. The molecule has 22 heavy (non-hydrogen) atoms. The van der Waals surface area contributed by atoms with Gasteiger partial charge in [-0.3, -0.25) is 4.79 Å². The first-order valence-corrected chi connectivity index (χ1v) is 7.32. The Kier molecular flexibility index (Phi) is 5.43. The minimum absolute atomic E-state index is 0.0380. The van der Waals surface area contributed by atoms with Gasteiger partial charge in [0.15, 0.2) is 0 Å². The lowest BCUT2D eigenvalue weighted by Crippen LogP contribution is -2.28. The zero-order valence-electron chi connectivity index (χ0n) is 11.6. The van der Waals surface area contributed by atoms with Crippen LogP contribution in [0.5, 0.6) is 0 Å². The highest BCUT2D eigenvalue weighted by Gasteiger charge is 2.19. The van der Waals surface area contributed by atoms with Crippen molar-refractivity contribution >= 4 is 17.7 Å². The fraction of sp³-hybridized carbons (Fsp3) is 0.200. The minimum atomic E-state index is -2.68. The van der Waals surface area contributed by atoms with Gasteiger partial charge >= 0.3 is 0 Å². The molecule has 1 heterocycles. The number of amides is 1. The van der Waals surface area contributed by atoms with E-state index in [4.69, 9.17) is 0 Å². The first-order chi connectivity index (χ1) is 10.5. The van der Waals surface area contributed by atoms with E-state index >= 15 is 0 Å². The van der Waals surface area contributed by atoms with Crippen LogP contribution >= 0.6 is 11.8 Å². The van der Waals surface area contributed by atoms with Crippen LogP contribution in [-0.4, -0.2) is 16.6 Å². The van der Waals surface area contributed by atoms with E-state index in [1.165, 1.54) is 24.4 Å². The molecule has 7 heteroatoms. The van der Waals surface area contributed by atoms with Gasteiger partial charge in [-0.1, -0.05) is 18.2 Å². The smallest absolute Gasteiger partial charge is 0.290 e. The van der Waals surface area contributed by atoms with Gasteiger partial charge in [-0.25, -0.2) is 9.37 Å². The van der Waals surface area contributed by atoms with Crippen molar-refractivity contribution in [1.82, 2.24) is 10.3 Å². The van der Waals surface area contributed by atoms with Crippen molar-refractivity contribution < 1.29 is 18.0 Å². The van der Waals surface area contributed by atoms with E-state index in [0.29, 0.717) is 5.56 Å². The zero-order chi connectivity index (χ0) is 16.1. The number of benzene rings is 1. The van der Waals surface area contributed by atoms with Gasteiger partial charge in [-0.2, -0.15) is 8.78 Å². The second-order valence-electron chi connectivity index (χ2n) is 4.45. The monoisotopic (exact) mass is 326 g/mol. The van der Waals surface area contributed by atoms with Gasteiger partial charge < -0.3 is 5.32 Å². The first kappa shape index (κ1) is 16.4. The summed E-state index contributed by atoms with van der Waals surface area (Å²) >= 11 is 0.200. The SMILES string of the molecule is C[C@@H](NC(=O)c1cccnc1SC(F)F)c1ccccc1F. The van der Waals surface area contributed by atoms with Gasteiger partial charge in [-0.05, 0) is 36.9 Å². The van der Waals surface area contributed by atoms with E-state index in [0.717, 1.165) is 0 Å². The van der Waals surface area contributed by atoms with Crippen LogP contribution in [0.4, 0.5) is 13.2 Å². The summed E-state index contributed by atoms with van der Waals surface area (Å²) in [6, 6.07) is 8.34. The van der Waals surface area contributed by atoms with E-state index in [-0.39, 0.29) is 22.4 Å². The molecule has 0 unspecified atom stereocenters. The van der Waals surface area contributed by atoms with Gasteiger partial charge in [0.05, 0.1) is 11.6 Å². The van der Waals surface area contributed by atoms with Crippen LogP contribution in [0.3, 0.4) is 0 Å². The van der Waals surface area contributed by atoms with Crippen LogP contribution in [-0.2, 0) is 0 Å². The zero-order valence-corrected chi connectivity index (χ0v) is 12.4. The molecule has 116 valence electrons. The number of carbonyl (C=O) groups excluding carboxylic acids is 1. The van der Waals surface area contributed by atoms with Crippen molar-refractivity contribution in [2.45, 2.75) is 23.7 Å². The van der Waals surface area contributed by atoms with E-state index < -0.39 is 23.5 Å². The molecule has 1 N–H and O–H groups in total. The third kappa shape index (κ3) is 4.00. The molecule has 0 fully saturated rings. The average molecular weight is 326 g/mol. The number of hydrogen-bond acceptors (Lipinski definition) is 3. The third-order valence-corrected chi connectivity index (χ3v) is 3.66. The number of pyridine rings is 1. The maximum atomic E-state index is 13.7. The number of halogens is 3. The van der Waals surface area contributed by atoms with Crippen molar-refractivity contribution in [1.29, 1.82) is 0 Å². The Morgan fingerprint density at radius 1 is 1.23 bits per heavy atom. The predicted octanol–water partition coefficient (Wildman–Crippen LogP) is 4.03. The van der Waals surface area contributed by atoms with Crippen molar-refractivity contribution in [2.24, 2.45) is 0 Å². The van der Waals surface area contributed by atoms with Crippen molar-refractivity contribution in [3.63, 3.8) is 0 Å². The molecular weight excluding hydrogens is 313 g/mol. The second-order valence-corrected chi connectivity index (χ2v) is 5.43. The molecule has 0 aliphatic carbocycles. The molecule has 0 aliphatic heterocycles. The minimum Gasteiger partial charge on any atom is -0.345 e. The Bertz CT molecular complexity index is 667. The lowest BCUT2D eigenvalue weighted by molar-refractivity contribution is 0.0935. The van der Waals surface area contributed by atoms with Gasteiger partial charge in [0.25, 0.3) is 11.7 Å². The fourth-order valence-corrected chi connectivity index (χ4v) is 2.50. The Morgan fingerprint density at radius 2 is 1.95 bits per heavy atom. The molecule has 0 spiro atoms. The molecule has 0 radical (unpaired) electrons. The molecule has 2 aromatic rings. The molecule has 0 saturated carbocycles. The molecule has 1 atom stereocenters. The fourth-order valence-electron chi connectivity index (χ4n) is 1.92. The van der Waals surface area contributed by atoms with Gasteiger partial charge in [0.1, 0.15) is 10.8 Å². The summed E-state index contributed by atoms with van der Waals surface area (Å²) in [5.74, 6) is -3.69. The number of alkyl halides is 2. The predicted molar refractivity (Wildman–Crippen MR) is 78.4 cm³/mol. The van der Waals surface area contributed by atoms with Gasteiger partial charge in [0, 0.05) is 11.8 Å². The van der Waals surface area contributed by atoms with Crippen LogP contribution in [0.15, 0.2) is 47.6 Å². The normalized spacial score (nSPS) is 12.2. The lowest BCUT2D eigenvalue weighted by atomic mass is 10.1. The Labute approximate surface area is 129 Å². The Hall–Kier alpha value is -2.02. The highest BCUT2D eigenvalue weighted by Crippen LogP contribution is 2.26. The topological polar surface area (TPSA) is 42.0 Å². The first-order valence-electron chi connectivity index (χ1n) is 6.44. The molecule has 2 rings (SSSR count). The summed E-state index contributed by atoms with van der Waals surface area (Å²) in [6.45, 7) is 1.62. The van der Waals surface area contributed by atoms with E-state index in [9.17, 15) is 18.0 Å². The molecule has 0 bridgehead atoms. The standard InChI is InChI=1S/C15H13F3N2OS/c1-9(10-5-2-3-7-12(10)16)20-13(21)11-6-4-8-19-14(11)22-15(17)18/h2-9,15H,1H3,(H,20,21)/t9-/m1/s1. The summed E-state index contributed by atoms with van der Waals surface area (Å²) in [5, 5.41) is 2.53. The maximum Gasteiger partial charge on any atom is 0.290 e. The summed E-state index contributed by atoms with van der Waals surface area (Å²) in [7, 11) is 0. The highest BCUT2D eigenvalue weighted by molar-refractivity contribution is 7.99. The summed E-state index contributed by atoms with van der Waals surface area (Å²) < 4.78 is 38.6. The average Bonchev–Trinajstić information content (AvgIpc) is 2.47. The number of thioether (sulfide) groups is 1. The molecule has 1 aromatic heterocycles. The summed E-state index contributed by atoms with van der Waals surface area (Å²) in [5.41, 5.74) is 0.360. The molecule has 3 nitrogen and oxygen atoms in total. The van der Waals surface area contributed by atoms with Crippen LogP contribution in [0.1, 0.15) is 28.9 Å². The van der Waals surface area contributed by atoms with Crippen LogP contribution in [0, 0.1) is 5.82 Å². The molecule has 0 saturated heterocycles. The van der Waals surface area contributed by atoms with Gasteiger partial charge in [0.2, 0.25) is 0 Å². The molecule has 1 aromatic carbocycles. The largest absolute Gasteiger partial charge is 0.345 e.